The molecule has 1 amide bonds. The van der Waals surface area contributed by atoms with Gasteiger partial charge < -0.3 is 10.1 Å². The molecule has 4 heteroatoms. The molecule has 2 aromatic carbocycles. The van der Waals surface area contributed by atoms with E-state index in [1.807, 2.05) is 25.1 Å². The lowest BCUT2D eigenvalue weighted by Crippen LogP contribution is -2.30. The van der Waals surface area contributed by atoms with Crippen molar-refractivity contribution in [1.29, 1.82) is 0 Å². The van der Waals surface area contributed by atoms with Crippen molar-refractivity contribution >= 4 is 23.2 Å². The van der Waals surface area contributed by atoms with Crippen LogP contribution < -0.4 is 10.1 Å². The van der Waals surface area contributed by atoms with Crippen molar-refractivity contribution in [3.05, 3.63) is 58.6 Å². The molecule has 0 aliphatic heterocycles. The Morgan fingerprint density at radius 2 is 1.83 bits per heavy atom. The number of rotatable bonds is 6. The summed E-state index contributed by atoms with van der Waals surface area (Å²) in [5, 5.41) is 3.54. The van der Waals surface area contributed by atoms with Crippen molar-refractivity contribution < 1.29 is 9.53 Å². The molecule has 128 valence electrons. The van der Waals surface area contributed by atoms with Gasteiger partial charge in [-0.25, -0.2) is 0 Å². The Bertz CT molecular complexity index is 697. The van der Waals surface area contributed by atoms with E-state index in [2.05, 4.69) is 31.3 Å². The number of anilines is 1. The zero-order valence-electron chi connectivity index (χ0n) is 14.6. The van der Waals surface area contributed by atoms with Crippen molar-refractivity contribution in [2.45, 2.75) is 46.1 Å². The first-order valence-corrected chi connectivity index (χ1v) is 8.62. The van der Waals surface area contributed by atoms with Crippen LogP contribution in [0.5, 0.6) is 5.75 Å². The van der Waals surface area contributed by atoms with Gasteiger partial charge >= 0.3 is 0 Å². The van der Waals surface area contributed by atoms with Gasteiger partial charge in [0.2, 0.25) is 0 Å². The molecule has 2 aromatic rings. The molecule has 0 bridgehead atoms. The lowest BCUT2D eigenvalue weighted by molar-refractivity contribution is -0.122. The van der Waals surface area contributed by atoms with E-state index in [9.17, 15) is 4.79 Å². The maximum atomic E-state index is 12.3. The molecular formula is C20H24ClNO2. The highest BCUT2D eigenvalue weighted by molar-refractivity contribution is 6.30. The predicted molar refractivity (Wildman–Crippen MR) is 100 cm³/mol. The fourth-order valence-electron chi connectivity index (χ4n) is 2.36. The first-order chi connectivity index (χ1) is 11.4. The van der Waals surface area contributed by atoms with Crippen molar-refractivity contribution in [2.24, 2.45) is 0 Å². The van der Waals surface area contributed by atoms with E-state index < -0.39 is 6.10 Å². The smallest absolute Gasteiger partial charge is 0.265 e. The number of benzene rings is 2. The minimum atomic E-state index is -0.598. The molecule has 1 N–H and O–H groups in total. The standard InChI is InChI=1S/C20H24ClNO2/c1-5-13(2)16-6-9-18(10-7-16)22-20(23)15(4)24-19-11-8-17(21)12-14(19)3/h6-13,15H,5H2,1-4H3,(H,22,23)/t13-,15-/m1/s1. The maximum absolute atomic E-state index is 12.3. The third-order valence-electron chi connectivity index (χ3n) is 4.17. The topological polar surface area (TPSA) is 38.3 Å². The van der Waals surface area contributed by atoms with Gasteiger partial charge in [-0.05, 0) is 67.6 Å². The molecule has 0 radical (unpaired) electrons. The third-order valence-corrected chi connectivity index (χ3v) is 4.40. The van der Waals surface area contributed by atoms with E-state index in [0.29, 0.717) is 16.7 Å². The summed E-state index contributed by atoms with van der Waals surface area (Å²) in [5.74, 6) is 1.000. The van der Waals surface area contributed by atoms with Crippen molar-refractivity contribution in [3.8, 4) is 5.75 Å². The van der Waals surface area contributed by atoms with Crippen LogP contribution in [0.25, 0.3) is 0 Å². The van der Waals surface area contributed by atoms with Crippen molar-refractivity contribution in [1.82, 2.24) is 0 Å². The second-order valence-electron chi connectivity index (χ2n) is 6.09. The maximum Gasteiger partial charge on any atom is 0.265 e. The fourth-order valence-corrected chi connectivity index (χ4v) is 2.59. The van der Waals surface area contributed by atoms with Crippen LogP contribution in [0.1, 0.15) is 44.2 Å². The van der Waals surface area contributed by atoms with Crippen LogP contribution in [0.2, 0.25) is 5.02 Å². The van der Waals surface area contributed by atoms with Crippen LogP contribution in [0, 0.1) is 6.92 Å². The van der Waals surface area contributed by atoms with Gasteiger partial charge in [0.05, 0.1) is 0 Å². The van der Waals surface area contributed by atoms with Crippen molar-refractivity contribution in [2.75, 3.05) is 5.32 Å². The highest BCUT2D eigenvalue weighted by Gasteiger charge is 2.16. The second-order valence-corrected chi connectivity index (χ2v) is 6.53. The molecule has 0 saturated heterocycles. The molecule has 24 heavy (non-hydrogen) atoms. The summed E-state index contributed by atoms with van der Waals surface area (Å²) >= 11 is 5.93. The van der Waals surface area contributed by atoms with Gasteiger partial charge in [0.15, 0.2) is 6.10 Å². The molecule has 0 aliphatic carbocycles. The van der Waals surface area contributed by atoms with Gasteiger partial charge in [-0.2, -0.15) is 0 Å². The van der Waals surface area contributed by atoms with Gasteiger partial charge in [0, 0.05) is 10.7 Å². The molecule has 0 fully saturated rings. The summed E-state index contributed by atoms with van der Waals surface area (Å²) in [6, 6.07) is 13.3. The SMILES string of the molecule is CC[C@@H](C)c1ccc(NC(=O)[C@@H](C)Oc2ccc(Cl)cc2C)cc1. The van der Waals surface area contributed by atoms with Gasteiger partial charge in [0.1, 0.15) is 5.75 Å². The van der Waals surface area contributed by atoms with Gasteiger partial charge in [-0.3, -0.25) is 4.79 Å². The quantitative estimate of drug-likeness (QED) is 0.743. The first kappa shape index (κ1) is 18.3. The van der Waals surface area contributed by atoms with Crippen LogP contribution >= 0.6 is 11.6 Å². The Hall–Kier alpha value is -2.00. The van der Waals surface area contributed by atoms with E-state index in [0.717, 1.165) is 17.7 Å². The van der Waals surface area contributed by atoms with E-state index in [1.54, 1.807) is 19.1 Å². The van der Waals surface area contributed by atoms with Crippen LogP contribution in [0.4, 0.5) is 5.69 Å². The zero-order valence-corrected chi connectivity index (χ0v) is 15.4. The van der Waals surface area contributed by atoms with E-state index in [4.69, 9.17) is 16.3 Å². The zero-order chi connectivity index (χ0) is 17.7. The number of amides is 1. The average molecular weight is 346 g/mol. The average Bonchev–Trinajstić information content (AvgIpc) is 2.57. The van der Waals surface area contributed by atoms with Crippen LogP contribution in [0.15, 0.2) is 42.5 Å². The number of nitrogens with one attached hydrogen (secondary N) is 1. The summed E-state index contributed by atoms with van der Waals surface area (Å²) < 4.78 is 5.74. The minimum absolute atomic E-state index is 0.180. The lowest BCUT2D eigenvalue weighted by Gasteiger charge is -2.17. The number of hydrogen-bond donors (Lipinski definition) is 1. The van der Waals surface area contributed by atoms with Crippen LogP contribution in [-0.4, -0.2) is 12.0 Å². The Morgan fingerprint density at radius 1 is 1.17 bits per heavy atom. The molecule has 2 atom stereocenters. The summed E-state index contributed by atoms with van der Waals surface area (Å²) in [6.07, 6.45) is 0.496. The normalized spacial score (nSPS) is 13.2. The van der Waals surface area contributed by atoms with Gasteiger partial charge in [-0.15, -0.1) is 0 Å². The Balaban J connectivity index is 1.98. The van der Waals surface area contributed by atoms with E-state index in [-0.39, 0.29) is 5.91 Å². The van der Waals surface area contributed by atoms with Crippen LogP contribution in [-0.2, 0) is 4.79 Å². The van der Waals surface area contributed by atoms with Crippen molar-refractivity contribution in [3.63, 3.8) is 0 Å². The Morgan fingerprint density at radius 3 is 2.42 bits per heavy atom. The lowest BCUT2D eigenvalue weighted by atomic mass is 9.99. The minimum Gasteiger partial charge on any atom is -0.481 e. The summed E-state index contributed by atoms with van der Waals surface area (Å²) in [4.78, 5) is 12.3. The molecule has 0 aliphatic rings. The fraction of sp³-hybridized carbons (Fsp3) is 0.350. The molecular weight excluding hydrogens is 322 g/mol. The molecule has 0 aromatic heterocycles. The molecule has 0 unspecified atom stereocenters. The second kappa shape index (κ2) is 8.20. The molecule has 2 rings (SSSR count). The Labute approximate surface area is 149 Å². The largest absolute Gasteiger partial charge is 0.481 e. The number of ether oxygens (including phenoxy) is 1. The third kappa shape index (κ3) is 4.75. The molecule has 0 saturated carbocycles. The monoisotopic (exact) mass is 345 g/mol. The van der Waals surface area contributed by atoms with Crippen LogP contribution in [0.3, 0.4) is 0 Å². The first-order valence-electron chi connectivity index (χ1n) is 8.24. The summed E-state index contributed by atoms with van der Waals surface area (Å²) in [7, 11) is 0. The number of hydrogen-bond acceptors (Lipinski definition) is 2. The highest BCUT2D eigenvalue weighted by atomic mass is 35.5. The molecule has 0 heterocycles. The Kier molecular flexibility index (Phi) is 6.27. The van der Waals surface area contributed by atoms with E-state index >= 15 is 0 Å². The molecule has 3 nitrogen and oxygen atoms in total. The number of carbonyl (C=O) groups excluding carboxylic acids is 1. The molecule has 0 spiro atoms. The van der Waals surface area contributed by atoms with Gasteiger partial charge in [-0.1, -0.05) is 37.6 Å². The summed E-state index contributed by atoms with van der Waals surface area (Å²) in [6.45, 7) is 7.99. The number of halogens is 1. The summed E-state index contributed by atoms with van der Waals surface area (Å²) in [5.41, 5.74) is 2.95. The van der Waals surface area contributed by atoms with Gasteiger partial charge in [0.25, 0.3) is 5.91 Å². The number of carbonyl (C=O) groups is 1. The number of aryl methyl sites for hydroxylation is 1. The highest BCUT2D eigenvalue weighted by Crippen LogP contribution is 2.24. The van der Waals surface area contributed by atoms with E-state index in [1.165, 1.54) is 5.56 Å². The predicted octanol–water partition coefficient (Wildman–Crippen LogP) is 5.57.